The molecular weight excluding hydrogens is 272 g/mol. The fraction of sp³-hybridized carbons (Fsp3) is 0.143. The lowest BCUT2D eigenvalue weighted by Crippen LogP contribution is -2.04. The molecule has 0 aliphatic rings. The molecule has 1 heterocycles. The second-order valence-electron chi connectivity index (χ2n) is 4.08. The van der Waals surface area contributed by atoms with Crippen LogP contribution in [0, 0.1) is 17.3 Å². The lowest BCUT2D eigenvalue weighted by Gasteiger charge is -2.08. The van der Waals surface area contributed by atoms with Gasteiger partial charge in [0.1, 0.15) is 0 Å². The third-order valence-corrected chi connectivity index (χ3v) is 2.73. The fourth-order valence-electron chi connectivity index (χ4n) is 1.71. The maximum absolute atomic E-state index is 13.3. The molecule has 0 amide bonds. The highest BCUT2D eigenvalue weighted by atomic mass is 19.4. The molecule has 2 nitrogen and oxygen atoms in total. The summed E-state index contributed by atoms with van der Waals surface area (Å²) < 4.78 is 50.6. The first kappa shape index (κ1) is 14.0. The van der Waals surface area contributed by atoms with Gasteiger partial charge in [-0.3, -0.25) is 0 Å². The number of benzene rings is 1. The molecule has 20 heavy (non-hydrogen) atoms. The van der Waals surface area contributed by atoms with Gasteiger partial charge in [-0.25, -0.2) is 4.98 Å². The molecule has 0 bridgehead atoms. The Kier molecular flexibility index (Phi) is 3.70. The van der Waals surface area contributed by atoms with Crippen LogP contribution in [0.2, 0.25) is 0 Å². The molecule has 0 spiro atoms. The third-order valence-electron chi connectivity index (χ3n) is 2.73. The third kappa shape index (κ3) is 2.94. The average Bonchev–Trinajstić information content (AvgIpc) is 2.41. The van der Waals surface area contributed by atoms with E-state index in [1.807, 2.05) is 0 Å². The summed E-state index contributed by atoms with van der Waals surface area (Å²) in [4.78, 5) is 3.51. The van der Waals surface area contributed by atoms with Gasteiger partial charge in [0, 0.05) is 17.3 Å². The van der Waals surface area contributed by atoms with Crippen molar-refractivity contribution in [2.45, 2.75) is 12.6 Å². The molecule has 2 aromatic rings. The summed E-state index contributed by atoms with van der Waals surface area (Å²) in [6.45, 7) is 0. The van der Waals surface area contributed by atoms with Crippen LogP contribution in [0.4, 0.5) is 17.6 Å². The van der Waals surface area contributed by atoms with Crippen LogP contribution in [0.5, 0.6) is 0 Å². The van der Waals surface area contributed by atoms with Gasteiger partial charge in [0.15, 0.2) is 0 Å². The zero-order valence-corrected chi connectivity index (χ0v) is 10.1. The summed E-state index contributed by atoms with van der Waals surface area (Å²) in [6.07, 6.45) is -3.32. The van der Waals surface area contributed by atoms with Crippen LogP contribution in [-0.4, -0.2) is 4.98 Å². The zero-order valence-electron chi connectivity index (χ0n) is 10.1. The Labute approximate surface area is 112 Å². The highest BCUT2D eigenvalue weighted by Crippen LogP contribution is 2.31. The van der Waals surface area contributed by atoms with E-state index in [4.69, 9.17) is 5.26 Å². The van der Waals surface area contributed by atoms with Gasteiger partial charge in [-0.15, -0.1) is 0 Å². The summed E-state index contributed by atoms with van der Waals surface area (Å²) in [5.74, 6) is -0.748. The number of hydrogen-bond donors (Lipinski definition) is 0. The van der Waals surface area contributed by atoms with E-state index in [1.165, 1.54) is 24.4 Å². The molecule has 0 aliphatic carbocycles. The van der Waals surface area contributed by atoms with Gasteiger partial charge in [-0.05, 0) is 23.8 Å². The standard InChI is InChI=1S/C14H8F4N2/c15-13-10(5-6-19)7-11(8-20-13)9-1-3-12(4-2-9)14(16,17)18/h1-4,7-8H,5H2. The number of nitrogens with zero attached hydrogens (tertiary/aromatic N) is 2. The van der Waals surface area contributed by atoms with E-state index in [1.54, 1.807) is 6.07 Å². The number of rotatable bonds is 2. The number of nitriles is 1. The van der Waals surface area contributed by atoms with Crippen LogP contribution in [0.15, 0.2) is 36.5 Å². The van der Waals surface area contributed by atoms with Crippen LogP contribution in [0.25, 0.3) is 11.1 Å². The van der Waals surface area contributed by atoms with Crippen molar-refractivity contribution in [2.75, 3.05) is 0 Å². The molecule has 0 atom stereocenters. The highest BCUT2D eigenvalue weighted by molar-refractivity contribution is 5.63. The minimum atomic E-state index is -4.40. The summed E-state index contributed by atoms with van der Waals surface area (Å²) in [6, 6.07) is 7.68. The van der Waals surface area contributed by atoms with Crippen molar-refractivity contribution in [3.05, 3.63) is 53.6 Å². The number of aromatic nitrogens is 1. The van der Waals surface area contributed by atoms with Gasteiger partial charge in [-0.2, -0.15) is 22.8 Å². The Morgan fingerprint density at radius 1 is 1.10 bits per heavy atom. The molecule has 0 saturated heterocycles. The highest BCUT2D eigenvalue weighted by Gasteiger charge is 2.29. The monoisotopic (exact) mass is 280 g/mol. The van der Waals surface area contributed by atoms with Crippen LogP contribution >= 0.6 is 0 Å². The van der Waals surface area contributed by atoms with Crippen LogP contribution in [0.3, 0.4) is 0 Å². The predicted octanol–water partition coefficient (Wildman–Crippen LogP) is 3.97. The van der Waals surface area contributed by atoms with Gasteiger partial charge >= 0.3 is 6.18 Å². The van der Waals surface area contributed by atoms with Gasteiger partial charge in [0.2, 0.25) is 5.95 Å². The van der Waals surface area contributed by atoms with E-state index in [9.17, 15) is 17.6 Å². The average molecular weight is 280 g/mol. The largest absolute Gasteiger partial charge is 0.416 e. The Hall–Kier alpha value is -2.42. The predicted molar refractivity (Wildman–Crippen MR) is 64.0 cm³/mol. The molecule has 0 N–H and O–H groups in total. The molecule has 2 rings (SSSR count). The molecule has 0 radical (unpaired) electrons. The molecule has 102 valence electrons. The first-order valence-corrected chi connectivity index (χ1v) is 5.61. The molecule has 0 aliphatic heterocycles. The van der Waals surface area contributed by atoms with E-state index in [0.717, 1.165) is 12.1 Å². The van der Waals surface area contributed by atoms with Crippen molar-refractivity contribution in [3.8, 4) is 17.2 Å². The second-order valence-corrected chi connectivity index (χ2v) is 4.08. The molecule has 0 fully saturated rings. The van der Waals surface area contributed by atoms with Crippen molar-refractivity contribution in [1.29, 1.82) is 5.26 Å². The topological polar surface area (TPSA) is 36.7 Å². The van der Waals surface area contributed by atoms with E-state index >= 15 is 0 Å². The second kappa shape index (κ2) is 5.29. The lowest BCUT2D eigenvalue weighted by molar-refractivity contribution is -0.137. The summed E-state index contributed by atoms with van der Waals surface area (Å²) >= 11 is 0. The quantitative estimate of drug-likeness (QED) is 0.616. The van der Waals surface area contributed by atoms with Gasteiger partial charge in [-0.1, -0.05) is 12.1 Å². The van der Waals surface area contributed by atoms with E-state index in [-0.39, 0.29) is 12.0 Å². The Bertz CT molecular complexity index is 654. The maximum atomic E-state index is 13.3. The van der Waals surface area contributed by atoms with Gasteiger partial charge in [0.25, 0.3) is 0 Å². The van der Waals surface area contributed by atoms with Crippen LogP contribution < -0.4 is 0 Å². The van der Waals surface area contributed by atoms with Crippen molar-refractivity contribution >= 4 is 0 Å². The molecule has 1 aromatic carbocycles. The minimum Gasteiger partial charge on any atom is -0.227 e. The molecule has 0 unspecified atom stereocenters. The fourth-order valence-corrected chi connectivity index (χ4v) is 1.71. The number of pyridine rings is 1. The normalized spacial score (nSPS) is 11.2. The lowest BCUT2D eigenvalue weighted by atomic mass is 10.0. The molecule has 0 saturated carbocycles. The van der Waals surface area contributed by atoms with E-state index in [2.05, 4.69) is 4.98 Å². The Morgan fingerprint density at radius 2 is 1.75 bits per heavy atom. The SMILES string of the molecule is N#CCc1cc(-c2ccc(C(F)(F)F)cc2)cnc1F. The maximum Gasteiger partial charge on any atom is 0.416 e. The van der Waals surface area contributed by atoms with Gasteiger partial charge in [0.05, 0.1) is 18.1 Å². The Morgan fingerprint density at radius 3 is 2.30 bits per heavy atom. The molecule has 6 heteroatoms. The minimum absolute atomic E-state index is 0.116. The van der Waals surface area contributed by atoms with Crippen LogP contribution in [-0.2, 0) is 12.6 Å². The van der Waals surface area contributed by atoms with Gasteiger partial charge < -0.3 is 0 Å². The van der Waals surface area contributed by atoms with E-state index in [0.29, 0.717) is 11.1 Å². The van der Waals surface area contributed by atoms with Crippen LogP contribution in [0.1, 0.15) is 11.1 Å². The molecular formula is C14H8F4N2. The molecule has 1 aromatic heterocycles. The Balaban J connectivity index is 2.37. The van der Waals surface area contributed by atoms with Crippen molar-refractivity contribution in [2.24, 2.45) is 0 Å². The smallest absolute Gasteiger partial charge is 0.227 e. The summed E-state index contributed by atoms with van der Waals surface area (Å²) in [7, 11) is 0. The number of halogens is 4. The zero-order chi connectivity index (χ0) is 14.8. The number of hydrogen-bond acceptors (Lipinski definition) is 2. The van der Waals surface area contributed by atoms with E-state index < -0.39 is 17.7 Å². The number of alkyl halides is 3. The first-order chi connectivity index (χ1) is 9.41. The van der Waals surface area contributed by atoms with Crippen molar-refractivity contribution in [1.82, 2.24) is 4.98 Å². The summed E-state index contributed by atoms with van der Waals surface area (Å²) in [5.41, 5.74) is 0.300. The first-order valence-electron chi connectivity index (χ1n) is 5.61. The summed E-state index contributed by atoms with van der Waals surface area (Å²) in [5, 5.41) is 8.56. The van der Waals surface area contributed by atoms with Crippen molar-refractivity contribution < 1.29 is 17.6 Å². The van der Waals surface area contributed by atoms with Crippen molar-refractivity contribution in [3.63, 3.8) is 0 Å².